The quantitative estimate of drug-likeness (QED) is 0.149. The number of carbonyl (C=O) groups is 1. The van der Waals surface area contributed by atoms with Crippen LogP contribution >= 0.6 is 7.05 Å². The van der Waals surface area contributed by atoms with Crippen molar-refractivity contribution < 1.29 is 40.3 Å². The van der Waals surface area contributed by atoms with Gasteiger partial charge in [0.05, 0.1) is 19.7 Å². The van der Waals surface area contributed by atoms with Crippen LogP contribution in [0.15, 0.2) is 107 Å². The van der Waals surface area contributed by atoms with Gasteiger partial charge in [-0.15, -0.1) is 0 Å². The van der Waals surface area contributed by atoms with Crippen molar-refractivity contribution in [3.05, 3.63) is 102 Å². The maximum absolute atomic E-state index is 15.4. The third-order valence-corrected chi connectivity index (χ3v) is 9.17. The van der Waals surface area contributed by atoms with Crippen molar-refractivity contribution >= 4 is 28.9 Å². The average Bonchev–Trinajstić information content (AvgIpc) is 2.89. The Kier molecular flexibility index (Phi) is 8.03. The van der Waals surface area contributed by atoms with Gasteiger partial charge in [-0.25, -0.2) is 4.79 Å². The number of esters is 1. The van der Waals surface area contributed by atoms with E-state index in [1.165, 1.54) is 36.4 Å². The normalized spacial score (nSPS) is 13.5. The zero-order valence-corrected chi connectivity index (χ0v) is 20.4. The summed E-state index contributed by atoms with van der Waals surface area (Å²) in [5.41, 5.74) is -3.19. The fraction of sp³-hybridized carbons (Fsp3) is 0.192. The summed E-state index contributed by atoms with van der Waals surface area (Å²) in [6, 6.07) is 23.3. The van der Waals surface area contributed by atoms with E-state index in [2.05, 4.69) is 9.48 Å². The maximum Gasteiger partial charge on any atom is 0.460 e. The van der Waals surface area contributed by atoms with Gasteiger partial charge < -0.3 is 4.74 Å². The zero-order chi connectivity index (χ0) is 27.5. The number of rotatable bonds is 7. The van der Waals surface area contributed by atoms with Gasteiger partial charge in [0.2, 0.25) is 0 Å². The molecule has 37 heavy (non-hydrogen) atoms. The third kappa shape index (κ3) is 5.07. The molecule has 0 amide bonds. The molecule has 0 aliphatic rings. The van der Waals surface area contributed by atoms with Crippen LogP contribution in [0, 0.1) is 0 Å². The van der Waals surface area contributed by atoms with Gasteiger partial charge in [0.25, 0.3) is 0 Å². The second-order valence-corrected chi connectivity index (χ2v) is 10.9. The topological polar surface area (TPSA) is 38.7 Å². The Bertz CT molecular complexity index is 1220. The molecule has 0 saturated carbocycles. The molecule has 3 nitrogen and oxygen atoms in total. The molecule has 0 fully saturated rings. The van der Waals surface area contributed by atoms with Crippen LogP contribution in [0.2, 0.25) is 0 Å². The first kappa shape index (κ1) is 28.2. The summed E-state index contributed by atoms with van der Waals surface area (Å²) in [4.78, 5) is 12.3. The lowest BCUT2D eigenvalue weighted by Gasteiger charge is -2.32. The molecule has 0 radical (unpaired) electrons. The second-order valence-electron chi connectivity index (χ2n) is 7.85. The molecule has 0 spiro atoms. The number of methoxy groups -OCH3 is 1. The molecule has 196 valence electrons. The molecule has 0 bridgehead atoms. The van der Waals surface area contributed by atoms with E-state index in [9.17, 15) is 26.7 Å². The van der Waals surface area contributed by atoms with Gasteiger partial charge in [0.1, 0.15) is 5.70 Å². The first-order valence-electron chi connectivity index (χ1n) is 10.7. The summed E-state index contributed by atoms with van der Waals surface area (Å²) in [5.74, 6) is -14.0. The number of ether oxygens (including phenoxy) is 1. The lowest BCUT2D eigenvalue weighted by atomic mass is 10.0. The smallest absolute Gasteiger partial charge is 0.460 e. The highest BCUT2D eigenvalue weighted by Gasteiger charge is 2.75. The molecule has 0 aliphatic carbocycles. The Morgan fingerprint density at radius 1 is 0.703 bits per heavy atom. The molecule has 3 rings (SSSR count). The van der Waals surface area contributed by atoms with Crippen LogP contribution in [0.1, 0.15) is 6.92 Å². The fourth-order valence-electron chi connectivity index (χ4n) is 3.65. The average molecular weight is 543 g/mol. The van der Waals surface area contributed by atoms with Gasteiger partial charge in [-0.1, -0.05) is 91.0 Å². The van der Waals surface area contributed by atoms with E-state index in [4.69, 9.17) is 0 Å². The minimum absolute atomic E-state index is 0.286. The summed E-state index contributed by atoms with van der Waals surface area (Å²) in [6.07, 6.45) is -6.64. The van der Waals surface area contributed by atoms with Crippen LogP contribution in [-0.2, 0) is 9.53 Å². The molecule has 0 N–H and O–H groups in total. The Balaban J connectivity index is 2.62. The summed E-state index contributed by atoms with van der Waals surface area (Å²) in [6.45, 7) is 0.681. The zero-order valence-electron chi connectivity index (χ0n) is 19.5. The Morgan fingerprint density at radius 3 is 1.35 bits per heavy atom. The Morgan fingerprint density at radius 2 is 1.05 bits per heavy atom. The highest BCUT2D eigenvalue weighted by atomic mass is 31.2. The maximum atomic E-state index is 15.4. The molecular weight excluding hydrogens is 522 g/mol. The van der Waals surface area contributed by atoms with Gasteiger partial charge in [0, 0.05) is 15.9 Å². The molecule has 0 atom stereocenters. The standard InChI is InChI=1S/C26H21F7NO2P/c1-18(23(35)36-2)22(24(27,28)25(29,30)26(31,32)33)34-37(19-12-6-3-7-13-19,20-14-8-4-9-15-20)21-16-10-5-11-17-21/h3-17H,1-2H3/b22-18-. The predicted octanol–water partition coefficient (Wildman–Crippen LogP) is 6.44. The molecule has 0 aromatic heterocycles. The van der Waals surface area contributed by atoms with Crippen molar-refractivity contribution in [3.8, 4) is 0 Å². The number of hydrogen-bond donors (Lipinski definition) is 0. The van der Waals surface area contributed by atoms with Crippen molar-refractivity contribution in [2.75, 3.05) is 7.11 Å². The van der Waals surface area contributed by atoms with Gasteiger partial charge in [0.15, 0.2) is 0 Å². The molecule has 0 unspecified atom stereocenters. The molecular formula is C26H21F7NO2P. The van der Waals surface area contributed by atoms with E-state index in [0.717, 1.165) is 7.11 Å². The van der Waals surface area contributed by atoms with Crippen LogP contribution in [-0.4, -0.2) is 31.1 Å². The lowest BCUT2D eigenvalue weighted by Crippen LogP contribution is -2.53. The van der Waals surface area contributed by atoms with Crippen molar-refractivity contribution in [2.45, 2.75) is 24.9 Å². The first-order chi connectivity index (χ1) is 17.3. The molecule has 11 heteroatoms. The molecule has 3 aromatic rings. The number of benzene rings is 3. The molecule has 0 aliphatic heterocycles. The number of halogens is 7. The summed E-state index contributed by atoms with van der Waals surface area (Å²) >= 11 is 0. The molecule has 3 aromatic carbocycles. The molecule has 0 heterocycles. The van der Waals surface area contributed by atoms with Crippen LogP contribution in [0.25, 0.3) is 0 Å². The first-order valence-corrected chi connectivity index (χ1v) is 12.5. The summed E-state index contributed by atoms with van der Waals surface area (Å²) in [5, 5.41) is 0.857. The second kappa shape index (κ2) is 10.5. The summed E-state index contributed by atoms with van der Waals surface area (Å²) in [7, 11) is -2.96. The van der Waals surface area contributed by atoms with E-state index < -0.39 is 42.3 Å². The Labute approximate surface area is 208 Å². The molecule has 0 saturated heterocycles. The minimum Gasteiger partial charge on any atom is -0.466 e. The van der Waals surface area contributed by atoms with E-state index in [1.807, 2.05) is 0 Å². The number of nitrogens with zero attached hydrogens (tertiary/aromatic N) is 1. The number of allylic oxidation sites excluding steroid dienone is 1. The number of hydrogen-bond acceptors (Lipinski definition) is 3. The number of carbonyl (C=O) groups excluding carboxylic acids is 1. The number of alkyl halides is 7. The van der Waals surface area contributed by atoms with Crippen molar-refractivity contribution in [1.29, 1.82) is 0 Å². The van der Waals surface area contributed by atoms with Crippen LogP contribution < -0.4 is 15.9 Å². The minimum atomic E-state index is -6.64. The fourth-order valence-corrected chi connectivity index (χ4v) is 7.28. The van der Waals surface area contributed by atoms with Crippen LogP contribution in [0.3, 0.4) is 0 Å². The van der Waals surface area contributed by atoms with E-state index in [0.29, 0.717) is 6.92 Å². The largest absolute Gasteiger partial charge is 0.466 e. The van der Waals surface area contributed by atoms with Crippen LogP contribution in [0.4, 0.5) is 30.7 Å². The van der Waals surface area contributed by atoms with Gasteiger partial charge >= 0.3 is 24.0 Å². The van der Waals surface area contributed by atoms with Gasteiger partial charge in [-0.2, -0.15) is 30.7 Å². The van der Waals surface area contributed by atoms with Crippen LogP contribution in [0.5, 0.6) is 0 Å². The SMILES string of the molecule is COC(=O)/C(C)=C(\N=P(c1ccccc1)(c1ccccc1)c1ccccc1)C(F)(F)C(F)(F)C(F)(F)F. The third-order valence-electron chi connectivity index (χ3n) is 5.53. The van der Waals surface area contributed by atoms with Crippen molar-refractivity contribution in [1.82, 2.24) is 0 Å². The highest BCUT2D eigenvalue weighted by molar-refractivity contribution is 7.87. The summed E-state index contributed by atoms with van der Waals surface area (Å²) < 4.78 is 108. The van der Waals surface area contributed by atoms with Gasteiger partial charge in [-0.05, 0) is 6.92 Å². The lowest BCUT2D eigenvalue weighted by molar-refractivity contribution is -0.344. The van der Waals surface area contributed by atoms with E-state index >= 15 is 8.78 Å². The van der Waals surface area contributed by atoms with Crippen molar-refractivity contribution in [3.63, 3.8) is 0 Å². The Hall–Kier alpha value is -3.39. The monoisotopic (exact) mass is 543 g/mol. The van der Waals surface area contributed by atoms with E-state index in [-0.39, 0.29) is 15.9 Å². The van der Waals surface area contributed by atoms with Gasteiger partial charge in [-0.3, -0.25) is 4.74 Å². The van der Waals surface area contributed by atoms with E-state index in [1.54, 1.807) is 54.6 Å². The predicted molar refractivity (Wildman–Crippen MR) is 128 cm³/mol. The highest BCUT2D eigenvalue weighted by Crippen LogP contribution is 2.55. The van der Waals surface area contributed by atoms with Crippen molar-refractivity contribution in [2.24, 2.45) is 4.74 Å².